The van der Waals surface area contributed by atoms with Crippen molar-refractivity contribution in [3.05, 3.63) is 51.7 Å². The van der Waals surface area contributed by atoms with E-state index in [0.29, 0.717) is 24.6 Å². The summed E-state index contributed by atoms with van der Waals surface area (Å²) in [4.78, 5) is 7.97. The van der Waals surface area contributed by atoms with Gasteiger partial charge in [0.1, 0.15) is 5.75 Å². The molecule has 1 aliphatic heterocycles. The molecule has 164 valence electrons. The fourth-order valence-corrected chi connectivity index (χ4v) is 4.29. The lowest BCUT2D eigenvalue weighted by molar-refractivity contribution is -0.0504. The maximum absolute atomic E-state index is 12.7. The molecule has 30 heavy (non-hydrogen) atoms. The maximum Gasteiger partial charge on any atom is 0.387 e. The summed E-state index contributed by atoms with van der Waals surface area (Å²) in [6.07, 6.45) is 0. The molecule has 6 nitrogen and oxygen atoms in total. The summed E-state index contributed by atoms with van der Waals surface area (Å²) < 4.78 is 35.5. The van der Waals surface area contributed by atoms with E-state index in [2.05, 4.69) is 42.8 Å². The molecule has 3 rings (SSSR count). The molecule has 9 heteroatoms. The monoisotopic (exact) mass is 438 g/mol. The Morgan fingerprint density at radius 3 is 2.73 bits per heavy atom. The van der Waals surface area contributed by atoms with Gasteiger partial charge in [0.05, 0.1) is 19.3 Å². The first-order valence-corrected chi connectivity index (χ1v) is 10.8. The molecule has 1 unspecified atom stereocenters. The number of morpholine rings is 1. The minimum atomic E-state index is -2.86. The van der Waals surface area contributed by atoms with E-state index in [1.807, 2.05) is 13.0 Å². The van der Waals surface area contributed by atoms with Crippen LogP contribution in [-0.4, -0.2) is 57.4 Å². The zero-order chi connectivity index (χ0) is 21.3. The van der Waals surface area contributed by atoms with Crippen molar-refractivity contribution in [2.45, 2.75) is 26.1 Å². The van der Waals surface area contributed by atoms with Crippen LogP contribution < -0.4 is 15.4 Å². The van der Waals surface area contributed by atoms with E-state index in [1.165, 1.54) is 4.88 Å². The molecule has 0 spiro atoms. The van der Waals surface area contributed by atoms with Gasteiger partial charge in [-0.1, -0.05) is 23.8 Å². The number of aryl methyl sites for hydroxylation is 1. The van der Waals surface area contributed by atoms with Crippen molar-refractivity contribution in [1.82, 2.24) is 15.5 Å². The van der Waals surface area contributed by atoms with E-state index in [9.17, 15) is 8.78 Å². The van der Waals surface area contributed by atoms with Crippen LogP contribution in [0.2, 0.25) is 0 Å². The molecule has 0 saturated carbocycles. The molecule has 0 amide bonds. The summed E-state index contributed by atoms with van der Waals surface area (Å²) in [5.74, 6) is 0.776. The molecular weight excluding hydrogens is 410 g/mol. The number of rotatable bonds is 8. The van der Waals surface area contributed by atoms with Crippen molar-refractivity contribution in [2.24, 2.45) is 4.99 Å². The van der Waals surface area contributed by atoms with E-state index >= 15 is 0 Å². The number of hydrogen-bond donors (Lipinski definition) is 2. The molecule has 2 aromatic rings. The first-order valence-electron chi connectivity index (χ1n) is 9.91. The number of halogens is 2. The van der Waals surface area contributed by atoms with Gasteiger partial charge in [-0.15, -0.1) is 11.3 Å². The summed E-state index contributed by atoms with van der Waals surface area (Å²) in [5, 5.41) is 8.66. The van der Waals surface area contributed by atoms with Crippen LogP contribution >= 0.6 is 11.3 Å². The van der Waals surface area contributed by atoms with E-state index < -0.39 is 6.61 Å². The molecule has 1 aromatic carbocycles. The zero-order valence-corrected chi connectivity index (χ0v) is 18.1. The van der Waals surface area contributed by atoms with Gasteiger partial charge in [-0.25, -0.2) is 0 Å². The number of alkyl halides is 2. The number of aliphatic imine (C=N–C) groups is 1. The van der Waals surface area contributed by atoms with Crippen molar-refractivity contribution in [3.63, 3.8) is 0 Å². The fraction of sp³-hybridized carbons (Fsp3) is 0.476. The van der Waals surface area contributed by atoms with Crippen LogP contribution in [0.3, 0.4) is 0 Å². The summed E-state index contributed by atoms with van der Waals surface area (Å²) >= 11 is 1.73. The minimum absolute atomic E-state index is 0.170. The number of guanidine groups is 1. The summed E-state index contributed by atoms with van der Waals surface area (Å²) in [6.45, 7) is 3.28. The Labute approximate surface area is 179 Å². The number of thiophene rings is 1. The van der Waals surface area contributed by atoms with Crippen LogP contribution in [0, 0.1) is 6.92 Å². The van der Waals surface area contributed by atoms with Gasteiger partial charge in [0.2, 0.25) is 0 Å². The van der Waals surface area contributed by atoms with Crippen LogP contribution in [-0.2, 0) is 11.3 Å². The van der Waals surface area contributed by atoms with E-state index in [0.717, 1.165) is 31.9 Å². The van der Waals surface area contributed by atoms with Gasteiger partial charge in [-0.3, -0.25) is 9.89 Å². The molecule has 1 fully saturated rings. The van der Waals surface area contributed by atoms with Crippen molar-refractivity contribution in [2.75, 3.05) is 39.9 Å². The van der Waals surface area contributed by atoms with Gasteiger partial charge in [0.15, 0.2) is 5.96 Å². The number of hydrogen-bond acceptors (Lipinski definition) is 5. The maximum atomic E-state index is 12.7. The largest absolute Gasteiger partial charge is 0.434 e. The fourth-order valence-electron chi connectivity index (χ4n) is 3.43. The number of ether oxygens (including phenoxy) is 2. The van der Waals surface area contributed by atoms with E-state index in [4.69, 9.17) is 4.74 Å². The molecule has 1 aromatic heterocycles. The van der Waals surface area contributed by atoms with Crippen molar-refractivity contribution in [3.8, 4) is 5.75 Å². The number of nitrogens with one attached hydrogen (secondary N) is 2. The van der Waals surface area contributed by atoms with Gasteiger partial charge in [0.25, 0.3) is 0 Å². The van der Waals surface area contributed by atoms with E-state index in [-0.39, 0.29) is 11.8 Å². The second kappa shape index (κ2) is 11.2. The highest BCUT2D eigenvalue weighted by Crippen LogP contribution is 2.25. The Kier molecular flexibility index (Phi) is 8.41. The molecule has 1 atom stereocenters. The highest BCUT2D eigenvalue weighted by molar-refractivity contribution is 7.10. The smallest absolute Gasteiger partial charge is 0.387 e. The Morgan fingerprint density at radius 2 is 2.07 bits per heavy atom. The molecule has 2 heterocycles. The number of nitrogens with zero attached hydrogens (tertiary/aromatic N) is 2. The predicted octanol–water partition coefficient (Wildman–Crippen LogP) is 3.40. The molecule has 0 bridgehead atoms. The van der Waals surface area contributed by atoms with Gasteiger partial charge in [-0.05, 0) is 24.4 Å². The highest BCUT2D eigenvalue weighted by Gasteiger charge is 2.23. The lowest BCUT2D eigenvalue weighted by Crippen LogP contribution is -2.46. The van der Waals surface area contributed by atoms with Crippen LogP contribution in [0.25, 0.3) is 0 Å². The van der Waals surface area contributed by atoms with Crippen molar-refractivity contribution < 1.29 is 18.3 Å². The first-order chi connectivity index (χ1) is 14.6. The molecule has 0 aliphatic carbocycles. The normalized spacial score (nSPS) is 16.5. The topological polar surface area (TPSA) is 58.1 Å². The SMILES string of the molecule is CN=C(NCc1cc(C)ccc1OC(F)F)NCC(c1cccs1)N1CCOCC1. The quantitative estimate of drug-likeness (QED) is 0.489. The molecule has 1 saturated heterocycles. The van der Waals surface area contributed by atoms with Crippen molar-refractivity contribution in [1.29, 1.82) is 0 Å². The first kappa shape index (κ1) is 22.5. The highest BCUT2D eigenvalue weighted by atomic mass is 32.1. The Morgan fingerprint density at radius 1 is 1.27 bits per heavy atom. The summed E-state index contributed by atoms with van der Waals surface area (Å²) in [5.41, 5.74) is 1.63. The summed E-state index contributed by atoms with van der Waals surface area (Å²) in [6, 6.07) is 9.57. The van der Waals surface area contributed by atoms with Gasteiger partial charge in [0, 0.05) is 43.7 Å². The predicted molar refractivity (Wildman–Crippen MR) is 115 cm³/mol. The van der Waals surface area contributed by atoms with Crippen molar-refractivity contribution >= 4 is 17.3 Å². The third-order valence-corrected chi connectivity index (χ3v) is 5.90. The standard InChI is InChI=1S/C21H28F2N4O2S/c1-15-5-6-18(29-20(22)23)16(12-15)13-25-21(24-2)26-14-17(19-4-3-11-30-19)27-7-9-28-10-8-27/h3-6,11-12,17,20H,7-10,13-14H2,1-2H3,(H2,24,25,26). The minimum Gasteiger partial charge on any atom is -0.434 e. The van der Waals surface area contributed by atoms with Crippen LogP contribution in [0.15, 0.2) is 40.7 Å². The second-order valence-corrected chi connectivity index (χ2v) is 7.96. The lowest BCUT2D eigenvalue weighted by atomic mass is 10.1. The molecule has 1 aliphatic rings. The average molecular weight is 439 g/mol. The van der Waals surface area contributed by atoms with Gasteiger partial charge in [-0.2, -0.15) is 8.78 Å². The van der Waals surface area contributed by atoms with Crippen LogP contribution in [0.5, 0.6) is 5.75 Å². The summed E-state index contributed by atoms with van der Waals surface area (Å²) in [7, 11) is 1.69. The van der Waals surface area contributed by atoms with Crippen LogP contribution in [0.1, 0.15) is 22.0 Å². The lowest BCUT2D eigenvalue weighted by Gasteiger charge is -2.34. The Hall–Kier alpha value is -2.23. The van der Waals surface area contributed by atoms with Crippen LogP contribution in [0.4, 0.5) is 8.78 Å². The second-order valence-electron chi connectivity index (χ2n) is 6.98. The van der Waals surface area contributed by atoms with E-state index in [1.54, 1.807) is 30.5 Å². The zero-order valence-electron chi connectivity index (χ0n) is 17.2. The Bertz CT molecular complexity index is 811. The van der Waals surface area contributed by atoms with Gasteiger partial charge < -0.3 is 20.1 Å². The number of benzene rings is 1. The molecule has 2 N–H and O–H groups in total. The Balaban J connectivity index is 1.62. The van der Waals surface area contributed by atoms with Gasteiger partial charge >= 0.3 is 6.61 Å². The average Bonchev–Trinajstić information content (AvgIpc) is 3.27. The third kappa shape index (κ3) is 6.38. The molecular formula is C21H28F2N4O2S. The molecule has 0 radical (unpaired) electrons. The third-order valence-electron chi connectivity index (χ3n) is 4.92.